The van der Waals surface area contributed by atoms with E-state index in [-0.39, 0.29) is 0 Å². The molecule has 0 aliphatic heterocycles. The fourth-order valence-corrected chi connectivity index (χ4v) is 2.12. The first-order valence-corrected chi connectivity index (χ1v) is 6.55. The Morgan fingerprint density at radius 2 is 1.90 bits per heavy atom. The molecule has 20 heavy (non-hydrogen) atoms. The van der Waals surface area contributed by atoms with E-state index in [0.717, 1.165) is 16.8 Å². The van der Waals surface area contributed by atoms with Crippen LogP contribution in [0, 0.1) is 18.3 Å². The lowest BCUT2D eigenvalue weighted by atomic mass is 10.1. The Morgan fingerprint density at radius 1 is 1.15 bits per heavy atom. The van der Waals surface area contributed by atoms with Crippen molar-refractivity contribution in [1.29, 1.82) is 5.26 Å². The molecule has 0 atom stereocenters. The predicted molar refractivity (Wildman–Crippen MR) is 80.4 cm³/mol. The van der Waals surface area contributed by atoms with Gasteiger partial charge in [-0.1, -0.05) is 30.3 Å². The number of rotatable bonds is 5. The molecule has 0 aliphatic rings. The van der Waals surface area contributed by atoms with Crippen LogP contribution < -0.4 is 5.32 Å². The lowest BCUT2D eigenvalue weighted by Crippen LogP contribution is -2.05. The highest BCUT2D eigenvalue weighted by Gasteiger charge is 2.04. The molecule has 3 heteroatoms. The fourth-order valence-electron chi connectivity index (χ4n) is 2.12. The average molecular weight is 266 g/mol. The van der Waals surface area contributed by atoms with Crippen LogP contribution in [0.1, 0.15) is 22.3 Å². The van der Waals surface area contributed by atoms with E-state index < -0.39 is 0 Å². The Kier molecular flexibility index (Phi) is 4.75. The molecular formula is C17H18N2O. The van der Waals surface area contributed by atoms with E-state index in [0.29, 0.717) is 18.7 Å². The largest absolute Gasteiger partial charge is 0.380 e. The van der Waals surface area contributed by atoms with Gasteiger partial charge in [-0.2, -0.15) is 5.26 Å². The van der Waals surface area contributed by atoms with E-state index in [1.165, 1.54) is 5.56 Å². The summed E-state index contributed by atoms with van der Waals surface area (Å²) in [5.74, 6) is 0. The first-order chi connectivity index (χ1) is 9.74. The van der Waals surface area contributed by atoms with Crippen LogP contribution in [0.4, 0.5) is 5.69 Å². The molecule has 0 amide bonds. The van der Waals surface area contributed by atoms with Crippen molar-refractivity contribution >= 4 is 5.69 Å². The third-order valence-electron chi connectivity index (χ3n) is 3.18. The number of nitrogens with one attached hydrogen (secondary N) is 1. The van der Waals surface area contributed by atoms with Gasteiger partial charge in [0, 0.05) is 13.7 Å². The molecule has 1 N–H and O–H groups in total. The van der Waals surface area contributed by atoms with E-state index in [2.05, 4.69) is 23.5 Å². The van der Waals surface area contributed by atoms with Crippen LogP contribution in [0.15, 0.2) is 42.5 Å². The second-order valence-electron chi connectivity index (χ2n) is 4.72. The van der Waals surface area contributed by atoms with Gasteiger partial charge in [0.25, 0.3) is 0 Å². The number of methoxy groups -OCH3 is 1. The summed E-state index contributed by atoms with van der Waals surface area (Å²) < 4.78 is 5.20. The summed E-state index contributed by atoms with van der Waals surface area (Å²) in [7, 11) is 1.69. The monoisotopic (exact) mass is 266 g/mol. The Bertz CT molecular complexity index is 629. The van der Waals surface area contributed by atoms with Crippen molar-refractivity contribution in [2.75, 3.05) is 12.4 Å². The molecule has 102 valence electrons. The minimum atomic E-state index is 0.594. The van der Waals surface area contributed by atoms with E-state index in [9.17, 15) is 0 Å². The smallest absolute Gasteiger partial charge is 0.101 e. The zero-order valence-electron chi connectivity index (χ0n) is 11.8. The number of aryl methyl sites for hydroxylation is 1. The molecule has 0 bridgehead atoms. The van der Waals surface area contributed by atoms with E-state index in [1.807, 2.05) is 37.3 Å². The minimum absolute atomic E-state index is 0.594. The van der Waals surface area contributed by atoms with Crippen molar-refractivity contribution in [2.24, 2.45) is 0 Å². The third-order valence-corrected chi connectivity index (χ3v) is 3.18. The van der Waals surface area contributed by atoms with Gasteiger partial charge in [0.05, 0.1) is 17.9 Å². The fraction of sp³-hybridized carbons (Fsp3) is 0.235. The van der Waals surface area contributed by atoms with Crippen molar-refractivity contribution in [3.63, 3.8) is 0 Å². The molecule has 0 heterocycles. The van der Waals surface area contributed by atoms with Gasteiger partial charge in [-0.05, 0) is 35.7 Å². The lowest BCUT2D eigenvalue weighted by Gasteiger charge is -2.12. The molecular weight excluding hydrogens is 248 g/mol. The van der Waals surface area contributed by atoms with E-state index in [4.69, 9.17) is 10.00 Å². The highest BCUT2D eigenvalue weighted by atomic mass is 16.5. The molecule has 0 saturated carbocycles. The predicted octanol–water partition coefficient (Wildman–Crippen LogP) is 3.63. The summed E-state index contributed by atoms with van der Waals surface area (Å²) in [6.45, 7) is 3.26. The summed E-state index contributed by atoms with van der Waals surface area (Å²) in [6, 6.07) is 16.2. The Hall–Kier alpha value is -2.31. The van der Waals surface area contributed by atoms with E-state index in [1.54, 1.807) is 7.11 Å². The van der Waals surface area contributed by atoms with Crippen LogP contribution in [0.2, 0.25) is 0 Å². The summed E-state index contributed by atoms with van der Waals surface area (Å²) in [4.78, 5) is 0. The topological polar surface area (TPSA) is 45.0 Å². The quantitative estimate of drug-likeness (QED) is 0.899. The number of hydrogen-bond donors (Lipinski definition) is 1. The van der Waals surface area contributed by atoms with Gasteiger partial charge in [-0.3, -0.25) is 0 Å². The van der Waals surface area contributed by atoms with Crippen molar-refractivity contribution in [1.82, 2.24) is 0 Å². The molecule has 2 rings (SSSR count). The Balaban J connectivity index is 2.15. The van der Waals surface area contributed by atoms with Crippen molar-refractivity contribution < 1.29 is 4.74 Å². The van der Waals surface area contributed by atoms with E-state index >= 15 is 0 Å². The molecule has 0 saturated heterocycles. The minimum Gasteiger partial charge on any atom is -0.380 e. The third kappa shape index (κ3) is 3.37. The molecule has 2 aromatic rings. The first-order valence-electron chi connectivity index (χ1n) is 6.55. The molecule has 0 unspecified atom stereocenters. The second kappa shape index (κ2) is 6.74. The SMILES string of the molecule is COCc1ccccc1CNc1ccc(C)cc1C#N. The molecule has 0 aromatic heterocycles. The average Bonchev–Trinajstić information content (AvgIpc) is 2.47. The summed E-state index contributed by atoms with van der Waals surface area (Å²) in [6.07, 6.45) is 0. The summed E-state index contributed by atoms with van der Waals surface area (Å²) in [5, 5.41) is 12.5. The summed E-state index contributed by atoms with van der Waals surface area (Å²) >= 11 is 0. The van der Waals surface area contributed by atoms with Gasteiger partial charge in [0.2, 0.25) is 0 Å². The van der Waals surface area contributed by atoms with Crippen molar-refractivity contribution in [3.05, 3.63) is 64.7 Å². The highest BCUT2D eigenvalue weighted by Crippen LogP contribution is 2.18. The number of benzene rings is 2. The van der Waals surface area contributed by atoms with Crippen LogP contribution in [-0.4, -0.2) is 7.11 Å². The van der Waals surface area contributed by atoms with Crippen LogP contribution in [0.25, 0.3) is 0 Å². The van der Waals surface area contributed by atoms with Gasteiger partial charge in [-0.25, -0.2) is 0 Å². The normalized spacial score (nSPS) is 10.1. The number of nitriles is 1. The zero-order valence-corrected chi connectivity index (χ0v) is 11.8. The summed E-state index contributed by atoms with van der Waals surface area (Å²) in [5.41, 5.74) is 4.97. The molecule has 0 radical (unpaired) electrons. The van der Waals surface area contributed by atoms with Gasteiger partial charge >= 0.3 is 0 Å². The van der Waals surface area contributed by atoms with Crippen molar-refractivity contribution in [3.8, 4) is 6.07 Å². The van der Waals surface area contributed by atoms with Gasteiger partial charge in [0.1, 0.15) is 6.07 Å². The second-order valence-corrected chi connectivity index (χ2v) is 4.72. The maximum atomic E-state index is 9.17. The number of anilines is 1. The maximum absolute atomic E-state index is 9.17. The Labute approximate surface area is 119 Å². The molecule has 0 spiro atoms. The maximum Gasteiger partial charge on any atom is 0.101 e. The first kappa shape index (κ1) is 14.1. The molecule has 3 nitrogen and oxygen atoms in total. The molecule has 0 aliphatic carbocycles. The van der Waals surface area contributed by atoms with Gasteiger partial charge < -0.3 is 10.1 Å². The van der Waals surface area contributed by atoms with Gasteiger partial charge in [0.15, 0.2) is 0 Å². The molecule has 2 aromatic carbocycles. The lowest BCUT2D eigenvalue weighted by molar-refractivity contribution is 0.184. The van der Waals surface area contributed by atoms with Crippen LogP contribution in [0.3, 0.4) is 0 Å². The van der Waals surface area contributed by atoms with Crippen LogP contribution >= 0.6 is 0 Å². The van der Waals surface area contributed by atoms with Crippen molar-refractivity contribution in [2.45, 2.75) is 20.1 Å². The standard InChI is InChI=1S/C17H18N2O/c1-13-7-8-17(16(9-13)10-18)19-11-14-5-3-4-6-15(14)12-20-2/h3-9,19H,11-12H2,1-2H3. The molecule has 0 fully saturated rings. The van der Waals surface area contributed by atoms with Crippen LogP contribution in [-0.2, 0) is 17.9 Å². The number of nitrogens with zero attached hydrogens (tertiary/aromatic N) is 1. The van der Waals surface area contributed by atoms with Gasteiger partial charge in [-0.15, -0.1) is 0 Å². The number of ether oxygens (including phenoxy) is 1. The highest BCUT2D eigenvalue weighted by molar-refractivity contribution is 5.58. The Morgan fingerprint density at radius 3 is 2.60 bits per heavy atom. The number of hydrogen-bond acceptors (Lipinski definition) is 3. The van der Waals surface area contributed by atoms with Crippen LogP contribution in [0.5, 0.6) is 0 Å². The zero-order chi connectivity index (χ0) is 14.4.